The summed E-state index contributed by atoms with van der Waals surface area (Å²) in [6.07, 6.45) is 2.75. The molecule has 0 heterocycles. The molecule has 0 unspecified atom stereocenters. The van der Waals surface area contributed by atoms with E-state index in [1.807, 2.05) is 19.9 Å². The zero-order valence-corrected chi connectivity index (χ0v) is 19.5. The predicted octanol–water partition coefficient (Wildman–Crippen LogP) is 6.32. The first-order chi connectivity index (χ1) is 16.3. The molecule has 0 atom stereocenters. The molecule has 0 saturated heterocycles. The fraction of sp³-hybridized carbons (Fsp3) is 0.222. The van der Waals surface area contributed by atoms with Gasteiger partial charge in [-0.2, -0.15) is 0 Å². The number of hydrogen-bond acceptors (Lipinski definition) is 5. The average Bonchev–Trinajstić information content (AvgIpc) is 2.81. The summed E-state index contributed by atoms with van der Waals surface area (Å²) in [5.74, 6) is -1.10. The number of carboxylic acid groups (broad SMARTS) is 1. The van der Waals surface area contributed by atoms with E-state index >= 15 is 0 Å². The molecule has 0 fully saturated rings. The van der Waals surface area contributed by atoms with Crippen molar-refractivity contribution in [2.45, 2.75) is 20.3 Å². The molecular formula is C27H27FO6. The fourth-order valence-corrected chi connectivity index (χ4v) is 3.66. The number of halogens is 1. The first-order valence-electron chi connectivity index (χ1n) is 10.6. The largest absolute Gasteiger partial charge is 0.504 e. The lowest BCUT2D eigenvalue weighted by Crippen LogP contribution is -2.07. The van der Waals surface area contributed by atoms with Gasteiger partial charge in [-0.3, -0.25) is 0 Å². The Morgan fingerprint density at radius 3 is 2.21 bits per heavy atom. The van der Waals surface area contributed by atoms with Gasteiger partial charge in [0, 0.05) is 11.1 Å². The second kappa shape index (κ2) is 10.7. The number of carboxylic acids is 1. The molecule has 0 radical (unpaired) electrons. The first-order valence-corrected chi connectivity index (χ1v) is 10.6. The van der Waals surface area contributed by atoms with E-state index in [0.717, 1.165) is 0 Å². The first kappa shape index (κ1) is 24.6. The highest BCUT2D eigenvalue weighted by Crippen LogP contribution is 2.46. The minimum atomic E-state index is -1.24. The Morgan fingerprint density at radius 1 is 0.971 bits per heavy atom. The van der Waals surface area contributed by atoms with Crippen LogP contribution in [0.3, 0.4) is 0 Å². The van der Waals surface area contributed by atoms with Gasteiger partial charge in [0.05, 0.1) is 20.8 Å². The minimum absolute atomic E-state index is 0.0873. The summed E-state index contributed by atoms with van der Waals surface area (Å²) >= 11 is 0. The van der Waals surface area contributed by atoms with Crippen molar-refractivity contribution in [1.82, 2.24) is 0 Å². The maximum Gasteiger partial charge on any atom is 0.340 e. The summed E-state index contributed by atoms with van der Waals surface area (Å²) in [5, 5.41) is 20.6. The van der Waals surface area contributed by atoms with Crippen LogP contribution in [0.2, 0.25) is 0 Å². The molecule has 178 valence electrons. The Bertz CT molecular complexity index is 1210. The van der Waals surface area contributed by atoms with Crippen LogP contribution in [-0.4, -0.2) is 37.0 Å². The van der Waals surface area contributed by atoms with Crippen molar-refractivity contribution < 1.29 is 33.6 Å². The molecule has 0 aliphatic carbocycles. The topological polar surface area (TPSA) is 85.2 Å². The summed E-state index contributed by atoms with van der Waals surface area (Å²) in [5.41, 5.74) is 2.70. The number of phenolic OH excluding ortho intramolecular Hbond substituents is 1. The van der Waals surface area contributed by atoms with Crippen molar-refractivity contribution in [2.75, 3.05) is 20.8 Å². The predicted molar refractivity (Wildman–Crippen MR) is 129 cm³/mol. The van der Waals surface area contributed by atoms with Crippen LogP contribution in [0.1, 0.15) is 30.6 Å². The molecule has 7 heteroatoms. The second-order valence-electron chi connectivity index (χ2n) is 7.82. The smallest absolute Gasteiger partial charge is 0.340 e. The molecule has 3 rings (SSSR count). The molecule has 34 heavy (non-hydrogen) atoms. The zero-order chi connectivity index (χ0) is 24.8. The third kappa shape index (κ3) is 5.31. The van der Waals surface area contributed by atoms with Crippen LogP contribution in [0.25, 0.3) is 22.3 Å². The maximum absolute atomic E-state index is 13.5. The molecule has 0 bridgehead atoms. The molecule has 0 amide bonds. The summed E-state index contributed by atoms with van der Waals surface area (Å²) in [7, 11) is 2.79. The third-order valence-corrected chi connectivity index (χ3v) is 5.21. The lowest BCUT2D eigenvalue weighted by molar-refractivity contribution is 0.0694. The van der Waals surface area contributed by atoms with Crippen LogP contribution in [0, 0.1) is 5.82 Å². The van der Waals surface area contributed by atoms with Crippen LogP contribution in [0.5, 0.6) is 23.0 Å². The number of allylic oxidation sites excluding steroid dienone is 1. The second-order valence-corrected chi connectivity index (χ2v) is 7.82. The van der Waals surface area contributed by atoms with E-state index in [2.05, 4.69) is 0 Å². The number of carbonyl (C=O) groups is 1. The van der Waals surface area contributed by atoms with E-state index in [0.29, 0.717) is 35.5 Å². The van der Waals surface area contributed by atoms with Gasteiger partial charge >= 0.3 is 5.97 Å². The van der Waals surface area contributed by atoms with E-state index in [4.69, 9.17) is 14.2 Å². The highest BCUT2D eigenvalue weighted by Gasteiger charge is 2.26. The van der Waals surface area contributed by atoms with Gasteiger partial charge in [-0.05, 0) is 61.7 Å². The SMILES string of the molecule is COc1cc(-c2ccc(OCCC=C(C)C)c(O)c2)c(OC)c(C(=O)O)c1-c1ccc(F)cc1. The van der Waals surface area contributed by atoms with Crippen LogP contribution in [0.15, 0.2) is 60.2 Å². The number of aromatic carboxylic acids is 1. The minimum Gasteiger partial charge on any atom is -0.504 e. The lowest BCUT2D eigenvalue weighted by Gasteiger charge is -2.19. The monoisotopic (exact) mass is 466 g/mol. The highest BCUT2D eigenvalue weighted by molar-refractivity contribution is 6.04. The van der Waals surface area contributed by atoms with Gasteiger partial charge in [-0.15, -0.1) is 0 Å². The van der Waals surface area contributed by atoms with E-state index < -0.39 is 11.8 Å². The average molecular weight is 467 g/mol. The molecule has 3 aromatic carbocycles. The van der Waals surface area contributed by atoms with Gasteiger partial charge < -0.3 is 24.4 Å². The van der Waals surface area contributed by atoms with Crippen molar-refractivity contribution in [2.24, 2.45) is 0 Å². The van der Waals surface area contributed by atoms with Gasteiger partial charge in [-0.1, -0.05) is 29.8 Å². The van der Waals surface area contributed by atoms with Gasteiger partial charge in [-0.25, -0.2) is 9.18 Å². The zero-order valence-electron chi connectivity index (χ0n) is 19.5. The van der Waals surface area contributed by atoms with Crippen molar-refractivity contribution >= 4 is 5.97 Å². The Balaban J connectivity index is 2.11. The molecule has 3 aromatic rings. The Kier molecular flexibility index (Phi) is 7.79. The van der Waals surface area contributed by atoms with Crippen molar-refractivity contribution in [3.05, 3.63) is 71.6 Å². The number of methoxy groups -OCH3 is 2. The van der Waals surface area contributed by atoms with Gasteiger partial charge in [0.1, 0.15) is 22.9 Å². The molecule has 0 aromatic heterocycles. The standard InChI is InChI=1S/C27H27FO6/c1-16(2)6-5-13-34-22-12-9-18(14-21(22)29)20-15-23(32-3)24(17-7-10-19(28)11-8-17)25(27(30)31)26(20)33-4/h6-12,14-15,29H,5,13H2,1-4H3,(H,30,31). The summed E-state index contributed by atoms with van der Waals surface area (Å²) in [4.78, 5) is 12.3. The number of hydrogen-bond donors (Lipinski definition) is 2. The molecule has 2 N–H and O–H groups in total. The van der Waals surface area contributed by atoms with Crippen molar-refractivity contribution in [3.8, 4) is 45.3 Å². The molecule has 0 saturated carbocycles. The molecule has 0 spiro atoms. The molecular weight excluding hydrogens is 439 g/mol. The summed E-state index contributed by atoms with van der Waals surface area (Å²) < 4.78 is 30.2. The molecule has 6 nitrogen and oxygen atoms in total. The Hall–Kier alpha value is -4.00. The number of rotatable bonds is 9. The van der Waals surface area contributed by atoms with E-state index in [1.165, 1.54) is 50.1 Å². The quantitative estimate of drug-likeness (QED) is 0.284. The van der Waals surface area contributed by atoms with Crippen LogP contribution < -0.4 is 14.2 Å². The van der Waals surface area contributed by atoms with E-state index in [1.54, 1.807) is 18.2 Å². The van der Waals surface area contributed by atoms with Gasteiger partial charge in [0.15, 0.2) is 11.5 Å². The van der Waals surface area contributed by atoms with E-state index in [-0.39, 0.29) is 28.4 Å². The van der Waals surface area contributed by atoms with Gasteiger partial charge in [0.2, 0.25) is 0 Å². The fourth-order valence-electron chi connectivity index (χ4n) is 3.66. The van der Waals surface area contributed by atoms with Gasteiger partial charge in [0.25, 0.3) is 0 Å². The summed E-state index contributed by atoms with van der Waals surface area (Å²) in [6, 6.07) is 11.9. The maximum atomic E-state index is 13.5. The Labute approximate surface area is 197 Å². The number of ether oxygens (including phenoxy) is 3. The van der Waals surface area contributed by atoms with Crippen molar-refractivity contribution in [3.63, 3.8) is 0 Å². The molecule has 0 aliphatic rings. The van der Waals surface area contributed by atoms with Crippen LogP contribution in [-0.2, 0) is 0 Å². The molecule has 0 aliphatic heterocycles. The van der Waals surface area contributed by atoms with Crippen molar-refractivity contribution in [1.29, 1.82) is 0 Å². The lowest BCUT2D eigenvalue weighted by atomic mass is 9.92. The van der Waals surface area contributed by atoms with Crippen LogP contribution in [0.4, 0.5) is 4.39 Å². The highest BCUT2D eigenvalue weighted by atomic mass is 19.1. The summed E-state index contributed by atoms with van der Waals surface area (Å²) in [6.45, 7) is 4.41. The third-order valence-electron chi connectivity index (χ3n) is 5.21. The Morgan fingerprint density at radius 2 is 1.65 bits per heavy atom. The van der Waals surface area contributed by atoms with E-state index in [9.17, 15) is 19.4 Å². The number of phenols is 1. The normalized spacial score (nSPS) is 10.5. The van der Waals surface area contributed by atoms with Crippen LogP contribution >= 0.6 is 0 Å². The number of benzene rings is 3. The number of aromatic hydroxyl groups is 1.